The minimum Gasteiger partial charge on any atom is -0.341 e. The van der Waals surface area contributed by atoms with Gasteiger partial charge in [-0.3, -0.25) is 14.8 Å². The summed E-state index contributed by atoms with van der Waals surface area (Å²) in [6.45, 7) is 5.58. The van der Waals surface area contributed by atoms with Gasteiger partial charge in [-0.25, -0.2) is 0 Å². The van der Waals surface area contributed by atoms with Crippen LogP contribution in [0.2, 0.25) is 0 Å². The zero-order valence-electron chi connectivity index (χ0n) is 14.8. The number of piperidine rings is 1. The molecule has 132 valence electrons. The number of hydrogen-bond donors (Lipinski definition) is 1. The van der Waals surface area contributed by atoms with Crippen molar-refractivity contribution in [2.24, 2.45) is 0 Å². The number of aromatic amines is 1. The number of carbonyl (C=O) groups excluding carboxylic acids is 1. The van der Waals surface area contributed by atoms with Gasteiger partial charge in [0.2, 0.25) is 5.91 Å². The molecule has 0 radical (unpaired) electrons. The Kier molecular flexibility index (Phi) is 4.57. The Hall–Kier alpha value is -2.14. The molecule has 5 nitrogen and oxygen atoms in total. The Labute approximate surface area is 149 Å². The molecule has 0 saturated carbocycles. The maximum atomic E-state index is 13.1. The van der Waals surface area contributed by atoms with Crippen molar-refractivity contribution in [1.29, 1.82) is 0 Å². The summed E-state index contributed by atoms with van der Waals surface area (Å²) in [7, 11) is 0. The van der Waals surface area contributed by atoms with Crippen LogP contribution >= 0.6 is 0 Å². The van der Waals surface area contributed by atoms with Crippen LogP contribution in [0.4, 0.5) is 0 Å². The lowest BCUT2D eigenvalue weighted by atomic mass is 9.94. The third-order valence-corrected chi connectivity index (χ3v) is 5.76. The van der Waals surface area contributed by atoms with E-state index >= 15 is 0 Å². The summed E-state index contributed by atoms with van der Waals surface area (Å²) in [4.78, 5) is 17.5. The number of hydrogen-bond acceptors (Lipinski definition) is 3. The fraction of sp³-hybridized carbons (Fsp3) is 0.500. The van der Waals surface area contributed by atoms with Gasteiger partial charge < -0.3 is 4.90 Å². The molecule has 0 spiro atoms. The van der Waals surface area contributed by atoms with Gasteiger partial charge in [0, 0.05) is 44.0 Å². The topological polar surface area (TPSA) is 52.2 Å². The maximum absolute atomic E-state index is 13.1. The molecule has 2 atom stereocenters. The van der Waals surface area contributed by atoms with Crippen LogP contribution in [0.15, 0.2) is 36.5 Å². The highest BCUT2D eigenvalue weighted by molar-refractivity contribution is 5.81. The lowest BCUT2D eigenvalue weighted by Crippen LogP contribution is -2.50. The van der Waals surface area contributed by atoms with Crippen molar-refractivity contribution >= 4 is 5.91 Å². The molecule has 1 fully saturated rings. The highest BCUT2D eigenvalue weighted by atomic mass is 16.2. The Morgan fingerprint density at radius 2 is 2.08 bits per heavy atom. The Morgan fingerprint density at radius 1 is 1.24 bits per heavy atom. The highest BCUT2D eigenvalue weighted by Gasteiger charge is 2.32. The molecule has 1 aromatic carbocycles. The van der Waals surface area contributed by atoms with Crippen LogP contribution in [0.25, 0.3) is 0 Å². The number of H-pyrrole nitrogens is 1. The molecule has 5 heteroatoms. The summed E-state index contributed by atoms with van der Waals surface area (Å²) in [6, 6.07) is 10.6. The molecule has 4 rings (SSSR count). The Morgan fingerprint density at radius 3 is 2.88 bits per heavy atom. The number of fused-ring (bicyclic) bond motifs is 1. The Balaban J connectivity index is 1.42. The van der Waals surface area contributed by atoms with Crippen LogP contribution in [-0.2, 0) is 17.8 Å². The number of likely N-dealkylation sites (tertiary alicyclic amines) is 1. The van der Waals surface area contributed by atoms with Crippen molar-refractivity contribution in [2.75, 3.05) is 19.6 Å². The molecular formula is C20H26N4O. The second-order valence-electron chi connectivity index (χ2n) is 7.30. The summed E-state index contributed by atoms with van der Waals surface area (Å²) in [5, 5.41) is 7.13. The molecule has 2 aliphatic rings. The number of nitrogens with one attached hydrogen (secondary N) is 1. The van der Waals surface area contributed by atoms with E-state index in [-0.39, 0.29) is 11.9 Å². The van der Waals surface area contributed by atoms with Crippen LogP contribution in [0.3, 0.4) is 0 Å². The molecular weight excluding hydrogens is 312 g/mol. The number of rotatable bonds is 3. The third-order valence-electron chi connectivity index (χ3n) is 5.76. The molecule has 1 N–H and O–H groups in total. The molecule has 1 saturated heterocycles. The molecule has 25 heavy (non-hydrogen) atoms. The lowest BCUT2D eigenvalue weighted by Gasteiger charge is -2.38. The molecule has 0 bridgehead atoms. The second kappa shape index (κ2) is 7.00. The molecule has 1 amide bonds. The van der Waals surface area contributed by atoms with Gasteiger partial charge in [-0.15, -0.1) is 0 Å². The van der Waals surface area contributed by atoms with Crippen LogP contribution in [0, 0.1) is 0 Å². The SMILES string of the molecule is C[C@@H](C(=O)N1CCC[C@@H](c2ccn[nH]2)C1)N1CCc2ccccc2C1. The van der Waals surface area contributed by atoms with E-state index in [0.29, 0.717) is 5.92 Å². The van der Waals surface area contributed by atoms with E-state index in [1.165, 1.54) is 11.1 Å². The van der Waals surface area contributed by atoms with Crippen molar-refractivity contribution in [3.63, 3.8) is 0 Å². The van der Waals surface area contributed by atoms with E-state index in [9.17, 15) is 4.79 Å². The first-order valence-electron chi connectivity index (χ1n) is 9.31. The second-order valence-corrected chi connectivity index (χ2v) is 7.30. The van der Waals surface area contributed by atoms with E-state index in [0.717, 1.165) is 51.1 Å². The van der Waals surface area contributed by atoms with Crippen LogP contribution < -0.4 is 0 Å². The number of benzene rings is 1. The predicted octanol–water partition coefficient (Wildman–Crippen LogP) is 2.56. The first kappa shape index (κ1) is 16.3. The number of aromatic nitrogens is 2. The maximum Gasteiger partial charge on any atom is 0.239 e. The van der Waals surface area contributed by atoms with Gasteiger partial charge in [-0.2, -0.15) is 5.10 Å². The molecule has 1 aromatic heterocycles. The summed E-state index contributed by atoms with van der Waals surface area (Å²) in [5.41, 5.74) is 3.94. The fourth-order valence-electron chi connectivity index (χ4n) is 4.19. The van der Waals surface area contributed by atoms with E-state index in [1.54, 1.807) is 6.20 Å². The quantitative estimate of drug-likeness (QED) is 0.936. The standard InChI is InChI=1S/C20H26N4O/c1-15(23-12-9-16-5-2-3-6-17(16)13-23)20(25)24-11-4-7-18(14-24)19-8-10-21-22-19/h2-3,5-6,8,10,15,18H,4,7,9,11-14H2,1H3,(H,21,22)/t15-,18+/m0/s1. The minimum absolute atomic E-state index is 0.0612. The number of carbonyl (C=O) groups is 1. The molecule has 0 unspecified atom stereocenters. The monoisotopic (exact) mass is 338 g/mol. The van der Waals surface area contributed by atoms with Gasteiger partial charge in [0.1, 0.15) is 0 Å². The summed E-state index contributed by atoms with van der Waals surface area (Å²) in [5.74, 6) is 0.651. The summed E-state index contributed by atoms with van der Waals surface area (Å²) < 4.78 is 0. The molecule has 2 aliphatic heterocycles. The molecule has 2 aromatic rings. The zero-order valence-corrected chi connectivity index (χ0v) is 14.8. The summed E-state index contributed by atoms with van der Waals surface area (Å²) >= 11 is 0. The van der Waals surface area contributed by atoms with Gasteiger partial charge in [-0.1, -0.05) is 24.3 Å². The minimum atomic E-state index is -0.0612. The first-order valence-corrected chi connectivity index (χ1v) is 9.31. The van der Waals surface area contributed by atoms with Crippen molar-refractivity contribution in [1.82, 2.24) is 20.0 Å². The van der Waals surface area contributed by atoms with Crippen molar-refractivity contribution in [3.05, 3.63) is 53.3 Å². The van der Waals surface area contributed by atoms with Crippen LogP contribution in [-0.4, -0.2) is 51.6 Å². The smallest absolute Gasteiger partial charge is 0.239 e. The van der Waals surface area contributed by atoms with Gasteiger partial charge in [0.15, 0.2) is 0 Å². The normalized spacial score (nSPS) is 22.4. The number of amides is 1. The third kappa shape index (κ3) is 3.33. The van der Waals surface area contributed by atoms with Crippen molar-refractivity contribution in [3.8, 4) is 0 Å². The van der Waals surface area contributed by atoms with Gasteiger partial charge in [0.25, 0.3) is 0 Å². The molecule has 0 aliphatic carbocycles. The highest BCUT2D eigenvalue weighted by Crippen LogP contribution is 2.27. The average Bonchev–Trinajstić information content (AvgIpc) is 3.21. The van der Waals surface area contributed by atoms with Crippen molar-refractivity contribution in [2.45, 2.75) is 44.7 Å². The Bertz CT molecular complexity index is 727. The lowest BCUT2D eigenvalue weighted by molar-refractivity contribution is -0.138. The van der Waals surface area contributed by atoms with E-state index in [1.807, 2.05) is 6.07 Å². The van der Waals surface area contributed by atoms with Crippen molar-refractivity contribution < 1.29 is 4.79 Å². The molecule has 3 heterocycles. The van der Waals surface area contributed by atoms with E-state index in [2.05, 4.69) is 51.2 Å². The largest absolute Gasteiger partial charge is 0.341 e. The van der Waals surface area contributed by atoms with Gasteiger partial charge >= 0.3 is 0 Å². The first-order chi connectivity index (χ1) is 12.2. The number of nitrogens with zero attached hydrogens (tertiary/aromatic N) is 3. The van der Waals surface area contributed by atoms with Crippen LogP contribution in [0.1, 0.15) is 42.5 Å². The van der Waals surface area contributed by atoms with E-state index < -0.39 is 0 Å². The zero-order chi connectivity index (χ0) is 17.2. The van der Waals surface area contributed by atoms with Gasteiger partial charge in [0.05, 0.1) is 6.04 Å². The van der Waals surface area contributed by atoms with E-state index in [4.69, 9.17) is 0 Å². The average molecular weight is 338 g/mol. The predicted molar refractivity (Wildman–Crippen MR) is 97.2 cm³/mol. The fourth-order valence-corrected chi connectivity index (χ4v) is 4.19. The van der Waals surface area contributed by atoms with Crippen LogP contribution in [0.5, 0.6) is 0 Å². The van der Waals surface area contributed by atoms with Gasteiger partial charge in [-0.05, 0) is 43.4 Å². The summed E-state index contributed by atoms with van der Waals surface area (Å²) in [6.07, 6.45) is 5.01.